The Morgan fingerprint density at radius 1 is 1.43 bits per heavy atom. The molecule has 0 atom stereocenters. The maximum atomic E-state index is 13.1. The zero-order valence-corrected chi connectivity index (χ0v) is 9.39. The third kappa shape index (κ3) is 2.15. The molecule has 0 aliphatic heterocycles. The van der Waals surface area contributed by atoms with Gasteiger partial charge in [-0.25, -0.2) is 4.39 Å². The molecule has 1 aromatic rings. The summed E-state index contributed by atoms with van der Waals surface area (Å²) in [4.78, 5) is 0. The van der Waals surface area contributed by atoms with Crippen molar-refractivity contribution in [1.29, 1.82) is 0 Å². The molecule has 0 unspecified atom stereocenters. The molecule has 1 aliphatic carbocycles. The van der Waals surface area contributed by atoms with E-state index in [1.54, 1.807) is 6.07 Å². The van der Waals surface area contributed by atoms with Crippen molar-refractivity contribution in [1.82, 2.24) is 0 Å². The molecule has 1 fully saturated rings. The van der Waals surface area contributed by atoms with Crippen molar-refractivity contribution in [3.8, 4) is 0 Å². The van der Waals surface area contributed by atoms with Crippen molar-refractivity contribution in [2.45, 2.75) is 32.0 Å². The van der Waals surface area contributed by atoms with E-state index >= 15 is 0 Å². The Bertz CT molecular complexity index is 323. The molecule has 0 bridgehead atoms. The van der Waals surface area contributed by atoms with Crippen molar-refractivity contribution < 1.29 is 9.13 Å². The molecule has 0 heterocycles. The number of hydrogen-bond donors (Lipinski definition) is 0. The van der Waals surface area contributed by atoms with Gasteiger partial charge in [-0.05, 0) is 46.8 Å². The number of rotatable bonds is 3. The van der Waals surface area contributed by atoms with Gasteiger partial charge in [-0.2, -0.15) is 0 Å². The summed E-state index contributed by atoms with van der Waals surface area (Å²) in [5.74, 6) is -0.222. The average molecular weight is 259 g/mol. The topological polar surface area (TPSA) is 9.23 Å². The first kappa shape index (κ1) is 10.1. The van der Waals surface area contributed by atoms with Gasteiger partial charge in [-0.15, -0.1) is 0 Å². The van der Waals surface area contributed by atoms with Crippen LogP contribution in [0.2, 0.25) is 0 Å². The van der Waals surface area contributed by atoms with E-state index in [0.717, 1.165) is 18.4 Å². The van der Waals surface area contributed by atoms with Crippen LogP contribution in [0.4, 0.5) is 4.39 Å². The van der Waals surface area contributed by atoms with Crippen LogP contribution in [0.3, 0.4) is 0 Å². The number of hydrogen-bond acceptors (Lipinski definition) is 1. The van der Waals surface area contributed by atoms with Gasteiger partial charge in [0.2, 0.25) is 0 Å². The molecule has 0 radical (unpaired) electrons. The number of benzene rings is 1. The Balaban J connectivity index is 1.97. The fourth-order valence-corrected chi connectivity index (χ4v) is 1.78. The first-order valence-electron chi connectivity index (χ1n) is 4.82. The lowest BCUT2D eigenvalue weighted by atomic mass is 9.96. The second-order valence-electron chi connectivity index (χ2n) is 3.58. The lowest BCUT2D eigenvalue weighted by molar-refractivity contribution is -0.00900. The van der Waals surface area contributed by atoms with E-state index in [1.165, 1.54) is 12.5 Å². The minimum absolute atomic E-state index is 0.222. The third-order valence-electron chi connectivity index (χ3n) is 2.56. The minimum Gasteiger partial charge on any atom is -0.374 e. The largest absolute Gasteiger partial charge is 0.374 e. The van der Waals surface area contributed by atoms with E-state index in [9.17, 15) is 4.39 Å². The highest BCUT2D eigenvalue weighted by Gasteiger charge is 2.18. The van der Waals surface area contributed by atoms with Gasteiger partial charge in [-0.1, -0.05) is 12.1 Å². The second-order valence-corrected chi connectivity index (χ2v) is 4.37. The van der Waals surface area contributed by atoms with Gasteiger partial charge in [0.05, 0.1) is 17.2 Å². The first-order valence-corrected chi connectivity index (χ1v) is 5.61. The van der Waals surface area contributed by atoms with E-state index in [-0.39, 0.29) is 5.82 Å². The maximum absolute atomic E-state index is 13.1. The predicted octanol–water partition coefficient (Wildman–Crippen LogP) is 3.66. The summed E-state index contributed by atoms with van der Waals surface area (Å²) in [5, 5.41) is 0. The molecule has 0 amide bonds. The predicted molar refractivity (Wildman–Crippen MR) is 56.5 cm³/mol. The van der Waals surface area contributed by atoms with Crippen LogP contribution in [0.15, 0.2) is 22.7 Å². The summed E-state index contributed by atoms with van der Waals surface area (Å²) in [6.45, 7) is 0.503. The van der Waals surface area contributed by atoms with E-state index in [2.05, 4.69) is 15.9 Å². The Morgan fingerprint density at radius 3 is 2.86 bits per heavy atom. The van der Waals surface area contributed by atoms with Crippen LogP contribution in [0.5, 0.6) is 0 Å². The van der Waals surface area contributed by atoms with Crippen LogP contribution >= 0.6 is 15.9 Å². The van der Waals surface area contributed by atoms with Gasteiger partial charge in [0, 0.05) is 0 Å². The standard InChI is InChI=1S/C11H12BrFO/c12-11-8(3-1-6-10(11)13)7-14-9-4-2-5-9/h1,3,6,9H,2,4-5,7H2. The van der Waals surface area contributed by atoms with Crippen molar-refractivity contribution in [2.24, 2.45) is 0 Å². The first-order chi connectivity index (χ1) is 6.77. The molecule has 1 aliphatic rings. The molecule has 0 saturated heterocycles. The van der Waals surface area contributed by atoms with Gasteiger partial charge in [0.1, 0.15) is 5.82 Å². The quantitative estimate of drug-likeness (QED) is 0.804. The smallest absolute Gasteiger partial charge is 0.137 e. The minimum atomic E-state index is -0.222. The summed E-state index contributed by atoms with van der Waals surface area (Å²) in [6, 6.07) is 5.03. The van der Waals surface area contributed by atoms with Crippen LogP contribution in [0.1, 0.15) is 24.8 Å². The molecule has 2 rings (SSSR count). The van der Waals surface area contributed by atoms with E-state index in [4.69, 9.17) is 4.74 Å². The van der Waals surface area contributed by atoms with Gasteiger partial charge >= 0.3 is 0 Å². The SMILES string of the molecule is Fc1cccc(COC2CCC2)c1Br. The molecule has 0 aromatic heterocycles. The van der Waals surface area contributed by atoms with Crippen molar-refractivity contribution in [3.63, 3.8) is 0 Å². The summed E-state index contributed by atoms with van der Waals surface area (Å²) < 4.78 is 19.2. The molecule has 0 N–H and O–H groups in total. The molecular weight excluding hydrogens is 247 g/mol. The van der Waals surface area contributed by atoms with Crippen LogP contribution < -0.4 is 0 Å². The highest BCUT2D eigenvalue weighted by molar-refractivity contribution is 9.10. The average Bonchev–Trinajstić information content (AvgIpc) is 2.09. The molecule has 0 spiro atoms. The van der Waals surface area contributed by atoms with Crippen molar-refractivity contribution >= 4 is 15.9 Å². The van der Waals surface area contributed by atoms with Gasteiger partial charge < -0.3 is 4.74 Å². The maximum Gasteiger partial charge on any atom is 0.137 e. The van der Waals surface area contributed by atoms with Gasteiger partial charge in [0.15, 0.2) is 0 Å². The highest BCUT2D eigenvalue weighted by Crippen LogP contribution is 2.26. The molecule has 3 heteroatoms. The summed E-state index contributed by atoms with van der Waals surface area (Å²) in [5.41, 5.74) is 0.886. The molecule has 1 saturated carbocycles. The van der Waals surface area contributed by atoms with Crippen LogP contribution in [-0.4, -0.2) is 6.10 Å². The lowest BCUT2D eigenvalue weighted by Crippen LogP contribution is -2.21. The summed E-state index contributed by atoms with van der Waals surface area (Å²) in [7, 11) is 0. The molecule has 76 valence electrons. The fourth-order valence-electron chi connectivity index (χ4n) is 1.41. The fraction of sp³-hybridized carbons (Fsp3) is 0.455. The van der Waals surface area contributed by atoms with Crippen LogP contribution in [0, 0.1) is 5.82 Å². The van der Waals surface area contributed by atoms with Crippen LogP contribution in [0.25, 0.3) is 0 Å². The second kappa shape index (κ2) is 4.41. The lowest BCUT2D eigenvalue weighted by Gasteiger charge is -2.25. The molecule has 14 heavy (non-hydrogen) atoms. The van der Waals surface area contributed by atoms with Gasteiger partial charge in [0.25, 0.3) is 0 Å². The van der Waals surface area contributed by atoms with E-state index in [0.29, 0.717) is 17.2 Å². The number of ether oxygens (including phenoxy) is 1. The molecule has 1 aromatic carbocycles. The monoisotopic (exact) mass is 258 g/mol. The Hall–Kier alpha value is -0.410. The summed E-state index contributed by atoms with van der Waals surface area (Å²) in [6.07, 6.45) is 3.94. The van der Waals surface area contributed by atoms with E-state index in [1.807, 2.05) is 6.07 Å². The zero-order chi connectivity index (χ0) is 9.97. The highest BCUT2D eigenvalue weighted by atomic mass is 79.9. The van der Waals surface area contributed by atoms with Crippen LogP contribution in [-0.2, 0) is 11.3 Å². The summed E-state index contributed by atoms with van der Waals surface area (Å²) >= 11 is 3.22. The number of halogens is 2. The Labute approximate surface area is 91.4 Å². The Morgan fingerprint density at radius 2 is 2.21 bits per heavy atom. The van der Waals surface area contributed by atoms with Gasteiger partial charge in [-0.3, -0.25) is 0 Å². The van der Waals surface area contributed by atoms with Crippen molar-refractivity contribution in [2.75, 3.05) is 0 Å². The normalized spacial score (nSPS) is 16.7. The molecular formula is C11H12BrFO. The Kier molecular flexibility index (Phi) is 3.19. The zero-order valence-electron chi connectivity index (χ0n) is 7.80. The van der Waals surface area contributed by atoms with E-state index < -0.39 is 0 Å². The van der Waals surface area contributed by atoms with Crippen molar-refractivity contribution in [3.05, 3.63) is 34.1 Å². The molecule has 1 nitrogen and oxygen atoms in total. The third-order valence-corrected chi connectivity index (χ3v) is 3.45.